The van der Waals surface area contributed by atoms with Crippen LogP contribution in [0.15, 0.2) is 23.1 Å². The van der Waals surface area contributed by atoms with Crippen molar-refractivity contribution in [3.05, 3.63) is 33.9 Å². The number of carbonyl (C=O) groups is 2. The molecule has 0 fully saturated rings. The van der Waals surface area contributed by atoms with E-state index < -0.39 is 4.92 Å². The topological polar surface area (TPSA) is 80.5 Å². The average molecular weight is 254 g/mol. The van der Waals surface area contributed by atoms with Crippen molar-refractivity contribution in [2.24, 2.45) is 0 Å². The summed E-state index contributed by atoms with van der Waals surface area (Å²) in [6.07, 6.45) is 0.498. The van der Waals surface area contributed by atoms with Crippen LogP contribution in [0.1, 0.15) is 10.4 Å². The Morgan fingerprint density at radius 2 is 2.12 bits per heavy atom. The third kappa shape index (κ3) is 3.28. The summed E-state index contributed by atoms with van der Waals surface area (Å²) in [6, 6.07) is 3.81. The number of thioether (sulfide) groups is 1. The summed E-state index contributed by atoms with van der Waals surface area (Å²) >= 11 is 0.856. The van der Waals surface area contributed by atoms with Gasteiger partial charge < -0.3 is 4.90 Å². The van der Waals surface area contributed by atoms with Crippen LogP contribution in [0.25, 0.3) is 0 Å². The molecular formula is C10H10N2O4S. The van der Waals surface area contributed by atoms with Crippen LogP contribution in [0.3, 0.4) is 0 Å². The van der Waals surface area contributed by atoms with E-state index in [9.17, 15) is 19.7 Å². The van der Waals surface area contributed by atoms with Crippen molar-refractivity contribution >= 4 is 29.0 Å². The second kappa shape index (κ2) is 5.44. The molecule has 0 aliphatic heterocycles. The molecule has 1 aromatic rings. The van der Waals surface area contributed by atoms with Gasteiger partial charge in [-0.3, -0.25) is 19.7 Å². The molecule has 7 heteroatoms. The monoisotopic (exact) mass is 254 g/mol. The number of benzene rings is 1. The minimum atomic E-state index is -0.588. The van der Waals surface area contributed by atoms with Crippen LogP contribution in [0.4, 0.5) is 10.5 Å². The molecule has 0 spiro atoms. The van der Waals surface area contributed by atoms with Gasteiger partial charge in [-0.2, -0.15) is 0 Å². The van der Waals surface area contributed by atoms with E-state index in [0.29, 0.717) is 11.2 Å². The Morgan fingerprint density at radius 3 is 2.59 bits per heavy atom. The zero-order valence-electron chi connectivity index (χ0n) is 9.25. The summed E-state index contributed by atoms with van der Waals surface area (Å²) < 4.78 is 0. The van der Waals surface area contributed by atoms with Gasteiger partial charge in [-0.1, -0.05) is 0 Å². The molecule has 1 amide bonds. The van der Waals surface area contributed by atoms with Crippen LogP contribution in [0.2, 0.25) is 0 Å². The third-order valence-electron chi connectivity index (χ3n) is 1.89. The Morgan fingerprint density at radius 1 is 1.47 bits per heavy atom. The minimum Gasteiger partial charge on any atom is -0.339 e. The second-order valence-corrected chi connectivity index (χ2v) is 4.35. The van der Waals surface area contributed by atoms with Gasteiger partial charge in [0.15, 0.2) is 6.29 Å². The molecule has 0 unspecified atom stereocenters. The van der Waals surface area contributed by atoms with Crippen molar-refractivity contribution in [3.8, 4) is 0 Å². The number of nitro benzene ring substituents is 1. The smallest absolute Gasteiger partial charge is 0.285 e. The van der Waals surface area contributed by atoms with E-state index in [-0.39, 0.29) is 16.5 Å². The maximum absolute atomic E-state index is 11.4. The highest BCUT2D eigenvalue weighted by atomic mass is 32.2. The molecule has 0 saturated carbocycles. The fourth-order valence-electron chi connectivity index (χ4n) is 1.02. The Labute approximate surface area is 102 Å². The predicted octanol–water partition coefficient (Wildman–Crippen LogP) is 2.18. The highest BCUT2D eigenvalue weighted by Crippen LogP contribution is 2.27. The fraction of sp³-hybridized carbons (Fsp3) is 0.200. The molecule has 90 valence electrons. The lowest BCUT2D eigenvalue weighted by atomic mass is 10.2. The van der Waals surface area contributed by atoms with Crippen molar-refractivity contribution in [3.63, 3.8) is 0 Å². The van der Waals surface area contributed by atoms with Gasteiger partial charge in [0.1, 0.15) is 0 Å². The molecule has 0 saturated heterocycles. The van der Waals surface area contributed by atoms with E-state index >= 15 is 0 Å². The third-order valence-corrected chi connectivity index (χ3v) is 3.03. The van der Waals surface area contributed by atoms with Gasteiger partial charge >= 0.3 is 0 Å². The van der Waals surface area contributed by atoms with Crippen molar-refractivity contribution in [1.29, 1.82) is 0 Å². The first-order valence-electron chi connectivity index (χ1n) is 4.58. The maximum atomic E-state index is 11.4. The Bertz CT molecular complexity index is 473. The normalized spacial score (nSPS) is 9.76. The maximum Gasteiger partial charge on any atom is 0.285 e. The number of non-ortho nitro benzene ring substituents is 1. The van der Waals surface area contributed by atoms with Crippen molar-refractivity contribution in [2.75, 3.05) is 14.1 Å². The lowest BCUT2D eigenvalue weighted by Gasteiger charge is -2.09. The number of hydrogen-bond acceptors (Lipinski definition) is 5. The standard InChI is InChI=1S/C10H10N2O4S/c1-11(2)10(14)17-9-4-3-8(12(15)16)5-7(9)6-13/h3-6H,1-2H3. The van der Waals surface area contributed by atoms with E-state index in [1.165, 1.54) is 17.0 Å². The quantitative estimate of drug-likeness (QED) is 0.357. The van der Waals surface area contributed by atoms with Crippen molar-refractivity contribution < 1.29 is 14.5 Å². The predicted molar refractivity (Wildman–Crippen MR) is 63.4 cm³/mol. The molecule has 0 aromatic heterocycles. The summed E-state index contributed by atoms with van der Waals surface area (Å²) in [6.45, 7) is 0. The van der Waals surface area contributed by atoms with Gasteiger partial charge in [-0.05, 0) is 17.8 Å². The molecule has 0 aliphatic rings. The summed E-state index contributed by atoms with van der Waals surface area (Å²) in [4.78, 5) is 33.9. The zero-order chi connectivity index (χ0) is 13.0. The highest BCUT2D eigenvalue weighted by Gasteiger charge is 2.14. The number of aldehydes is 1. The van der Waals surface area contributed by atoms with E-state index in [4.69, 9.17) is 0 Å². The molecule has 0 heterocycles. The number of carbonyl (C=O) groups excluding carboxylic acids is 2. The van der Waals surface area contributed by atoms with Crippen molar-refractivity contribution in [1.82, 2.24) is 4.90 Å². The first-order valence-corrected chi connectivity index (χ1v) is 5.40. The van der Waals surface area contributed by atoms with Gasteiger partial charge in [-0.25, -0.2) is 0 Å². The molecule has 0 radical (unpaired) electrons. The van der Waals surface area contributed by atoms with E-state index in [1.807, 2.05) is 0 Å². The summed E-state index contributed by atoms with van der Waals surface area (Å²) in [5.74, 6) is 0. The number of amides is 1. The molecule has 6 nitrogen and oxygen atoms in total. The number of rotatable bonds is 3. The van der Waals surface area contributed by atoms with Crippen LogP contribution in [0.5, 0.6) is 0 Å². The summed E-state index contributed by atoms with van der Waals surface area (Å²) in [5.41, 5.74) is -0.0341. The molecule has 0 aliphatic carbocycles. The molecule has 17 heavy (non-hydrogen) atoms. The number of nitrogens with zero attached hydrogens (tertiary/aromatic N) is 2. The molecular weight excluding hydrogens is 244 g/mol. The fourth-order valence-corrected chi connectivity index (χ4v) is 1.75. The van der Waals surface area contributed by atoms with Gasteiger partial charge in [0.05, 0.1) is 4.92 Å². The Balaban J connectivity index is 3.05. The lowest BCUT2D eigenvalue weighted by Crippen LogP contribution is -2.16. The van der Waals surface area contributed by atoms with E-state index in [1.54, 1.807) is 14.1 Å². The summed E-state index contributed by atoms with van der Waals surface area (Å²) in [7, 11) is 3.17. The summed E-state index contributed by atoms with van der Waals surface area (Å²) in [5, 5.41) is 10.3. The Kier molecular flexibility index (Phi) is 4.22. The SMILES string of the molecule is CN(C)C(=O)Sc1ccc([N+](=O)[O-])cc1C=O. The van der Waals surface area contributed by atoms with Crippen LogP contribution < -0.4 is 0 Å². The van der Waals surface area contributed by atoms with Gasteiger partial charge in [0, 0.05) is 36.7 Å². The molecule has 0 N–H and O–H groups in total. The van der Waals surface area contributed by atoms with Crippen LogP contribution in [0, 0.1) is 10.1 Å². The zero-order valence-corrected chi connectivity index (χ0v) is 10.1. The van der Waals surface area contributed by atoms with Crippen LogP contribution >= 0.6 is 11.8 Å². The average Bonchev–Trinajstić information content (AvgIpc) is 2.28. The second-order valence-electron chi connectivity index (χ2n) is 3.36. The Hall–Kier alpha value is -1.89. The van der Waals surface area contributed by atoms with Gasteiger partial charge in [-0.15, -0.1) is 0 Å². The minimum absolute atomic E-state index is 0.138. The molecule has 0 bridgehead atoms. The van der Waals surface area contributed by atoms with Crippen molar-refractivity contribution in [2.45, 2.75) is 4.90 Å². The van der Waals surface area contributed by atoms with E-state index in [0.717, 1.165) is 17.8 Å². The molecule has 0 atom stereocenters. The lowest BCUT2D eigenvalue weighted by molar-refractivity contribution is -0.384. The molecule has 1 rings (SSSR count). The first kappa shape index (κ1) is 13.2. The number of nitro groups is 1. The van der Waals surface area contributed by atoms with Gasteiger partial charge in [0.25, 0.3) is 10.9 Å². The highest BCUT2D eigenvalue weighted by molar-refractivity contribution is 8.13. The van der Waals surface area contributed by atoms with Crippen LogP contribution in [-0.2, 0) is 0 Å². The van der Waals surface area contributed by atoms with E-state index in [2.05, 4.69) is 0 Å². The molecule has 1 aromatic carbocycles. The van der Waals surface area contributed by atoms with Gasteiger partial charge in [0.2, 0.25) is 0 Å². The first-order chi connectivity index (χ1) is 7.95. The van der Waals surface area contributed by atoms with Crippen LogP contribution in [-0.4, -0.2) is 35.4 Å². The largest absolute Gasteiger partial charge is 0.339 e. The number of hydrogen-bond donors (Lipinski definition) is 0.